The Morgan fingerprint density at radius 3 is 2.56 bits per heavy atom. The molecule has 0 aliphatic carbocycles. The van der Waals surface area contributed by atoms with Crippen molar-refractivity contribution >= 4 is 11.7 Å². The molecule has 18 heavy (non-hydrogen) atoms. The number of aromatic nitrogens is 1. The monoisotopic (exact) mass is 254 g/mol. The average molecular weight is 254 g/mol. The standard InChI is InChI=1S/C12H18N2O4/c1-4-7-9-10(14(16)17)8-11(13(9)5-2)12(15)18-6-3/h8H,4-7H2,1-3H3. The SMILES string of the molecule is CCCc1c([N+](=O)[O-])cc(C(=O)OCC)n1CC. The summed E-state index contributed by atoms with van der Waals surface area (Å²) < 4.78 is 6.58. The molecule has 0 unspecified atom stereocenters. The van der Waals surface area contributed by atoms with Crippen LogP contribution in [0, 0.1) is 10.1 Å². The van der Waals surface area contributed by atoms with Gasteiger partial charge in [-0.1, -0.05) is 13.3 Å². The zero-order valence-electron chi connectivity index (χ0n) is 10.9. The Kier molecular flexibility index (Phi) is 4.88. The second-order valence-corrected chi connectivity index (χ2v) is 3.83. The fourth-order valence-corrected chi connectivity index (χ4v) is 1.97. The van der Waals surface area contributed by atoms with Crippen molar-refractivity contribution in [1.82, 2.24) is 4.57 Å². The number of ether oxygens (including phenoxy) is 1. The number of nitrogens with zero attached hydrogens (tertiary/aromatic N) is 2. The molecule has 1 aromatic heterocycles. The molecule has 0 spiro atoms. The molecule has 1 heterocycles. The van der Waals surface area contributed by atoms with Crippen LogP contribution in [0.4, 0.5) is 5.69 Å². The molecule has 6 heteroatoms. The molecule has 0 saturated heterocycles. The molecule has 0 aliphatic heterocycles. The van der Waals surface area contributed by atoms with Gasteiger partial charge >= 0.3 is 5.97 Å². The van der Waals surface area contributed by atoms with Crippen molar-refractivity contribution in [3.05, 3.63) is 27.6 Å². The second-order valence-electron chi connectivity index (χ2n) is 3.83. The third-order valence-corrected chi connectivity index (χ3v) is 2.67. The van der Waals surface area contributed by atoms with Crippen LogP contribution in [-0.2, 0) is 17.7 Å². The first-order chi connectivity index (χ1) is 8.56. The van der Waals surface area contributed by atoms with Gasteiger partial charge in [0, 0.05) is 12.6 Å². The summed E-state index contributed by atoms with van der Waals surface area (Å²) in [5.74, 6) is -0.509. The van der Waals surface area contributed by atoms with Crippen LogP contribution in [-0.4, -0.2) is 22.1 Å². The van der Waals surface area contributed by atoms with Crippen molar-refractivity contribution in [3.63, 3.8) is 0 Å². The number of hydrogen-bond donors (Lipinski definition) is 0. The molecule has 1 rings (SSSR count). The number of carbonyl (C=O) groups excluding carboxylic acids is 1. The largest absolute Gasteiger partial charge is 0.461 e. The summed E-state index contributed by atoms with van der Waals surface area (Å²) in [4.78, 5) is 22.3. The van der Waals surface area contributed by atoms with Crippen molar-refractivity contribution in [2.45, 2.75) is 40.2 Å². The zero-order chi connectivity index (χ0) is 13.7. The van der Waals surface area contributed by atoms with Crippen molar-refractivity contribution in [2.75, 3.05) is 6.61 Å². The lowest BCUT2D eigenvalue weighted by Gasteiger charge is -2.08. The summed E-state index contributed by atoms with van der Waals surface area (Å²) in [7, 11) is 0. The molecule has 0 N–H and O–H groups in total. The zero-order valence-corrected chi connectivity index (χ0v) is 10.9. The number of rotatable bonds is 6. The Bertz CT molecular complexity index is 451. The lowest BCUT2D eigenvalue weighted by Crippen LogP contribution is -2.13. The van der Waals surface area contributed by atoms with Crippen LogP contribution < -0.4 is 0 Å². The fraction of sp³-hybridized carbons (Fsp3) is 0.583. The Balaban J connectivity index is 3.30. The fourth-order valence-electron chi connectivity index (χ4n) is 1.97. The molecule has 0 amide bonds. The molecule has 1 aromatic rings. The predicted molar refractivity (Wildman–Crippen MR) is 66.7 cm³/mol. The van der Waals surface area contributed by atoms with E-state index < -0.39 is 10.9 Å². The number of nitro groups is 1. The van der Waals surface area contributed by atoms with Gasteiger partial charge in [0.2, 0.25) is 0 Å². The third-order valence-electron chi connectivity index (χ3n) is 2.67. The molecule has 0 aliphatic rings. The summed E-state index contributed by atoms with van der Waals surface area (Å²) in [6.07, 6.45) is 1.36. The molecular formula is C12H18N2O4. The van der Waals surface area contributed by atoms with Crippen LogP contribution in [0.2, 0.25) is 0 Å². The third kappa shape index (κ3) is 2.69. The van der Waals surface area contributed by atoms with Crippen LogP contribution in [0.15, 0.2) is 6.07 Å². The molecule has 0 aromatic carbocycles. The first-order valence-corrected chi connectivity index (χ1v) is 6.10. The maximum absolute atomic E-state index is 11.8. The first-order valence-electron chi connectivity index (χ1n) is 6.10. The smallest absolute Gasteiger partial charge is 0.355 e. The molecule has 0 radical (unpaired) electrons. The van der Waals surface area contributed by atoms with E-state index in [0.29, 0.717) is 18.7 Å². The van der Waals surface area contributed by atoms with Gasteiger partial charge in [0.25, 0.3) is 5.69 Å². The lowest BCUT2D eigenvalue weighted by atomic mass is 10.2. The van der Waals surface area contributed by atoms with Gasteiger partial charge in [0.15, 0.2) is 0 Å². The highest BCUT2D eigenvalue weighted by molar-refractivity contribution is 5.89. The first kappa shape index (κ1) is 14.2. The van der Waals surface area contributed by atoms with Crippen LogP contribution in [0.5, 0.6) is 0 Å². The summed E-state index contributed by atoms with van der Waals surface area (Å²) >= 11 is 0. The van der Waals surface area contributed by atoms with E-state index in [0.717, 1.165) is 6.42 Å². The van der Waals surface area contributed by atoms with Gasteiger partial charge in [-0.15, -0.1) is 0 Å². The number of hydrogen-bond acceptors (Lipinski definition) is 4. The average Bonchev–Trinajstić information content (AvgIpc) is 2.68. The summed E-state index contributed by atoms with van der Waals surface area (Å²) in [5.41, 5.74) is 0.851. The van der Waals surface area contributed by atoms with E-state index in [9.17, 15) is 14.9 Å². The molecule has 0 atom stereocenters. The van der Waals surface area contributed by atoms with Gasteiger partial charge in [-0.25, -0.2) is 4.79 Å². The van der Waals surface area contributed by atoms with Crippen LogP contribution in [0.3, 0.4) is 0 Å². The molecular weight excluding hydrogens is 236 g/mol. The van der Waals surface area contributed by atoms with Gasteiger partial charge < -0.3 is 9.30 Å². The number of carbonyl (C=O) groups is 1. The van der Waals surface area contributed by atoms with E-state index in [-0.39, 0.29) is 18.0 Å². The minimum absolute atomic E-state index is 0.00162. The Morgan fingerprint density at radius 1 is 1.44 bits per heavy atom. The topological polar surface area (TPSA) is 74.4 Å². The van der Waals surface area contributed by atoms with E-state index in [2.05, 4.69) is 0 Å². The Labute approximate surface area is 106 Å². The van der Waals surface area contributed by atoms with Crippen molar-refractivity contribution < 1.29 is 14.5 Å². The van der Waals surface area contributed by atoms with Crippen LogP contribution >= 0.6 is 0 Å². The maximum atomic E-state index is 11.8. The summed E-state index contributed by atoms with van der Waals surface area (Å²) in [5, 5.41) is 11.0. The Morgan fingerprint density at radius 2 is 2.11 bits per heavy atom. The molecule has 0 fully saturated rings. The van der Waals surface area contributed by atoms with Gasteiger partial charge in [0.05, 0.1) is 17.2 Å². The van der Waals surface area contributed by atoms with Crippen molar-refractivity contribution in [3.8, 4) is 0 Å². The van der Waals surface area contributed by atoms with Crippen molar-refractivity contribution in [1.29, 1.82) is 0 Å². The second kappa shape index (κ2) is 6.18. The van der Waals surface area contributed by atoms with Gasteiger partial charge in [-0.3, -0.25) is 10.1 Å². The van der Waals surface area contributed by atoms with Gasteiger partial charge in [-0.05, 0) is 20.3 Å². The highest BCUT2D eigenvalue weighted by Gasteiger charge is 2.25. The molecule has 100 valence electrons. The molecule has 0 saturated carbocycles. The van der Waals surface area contributed by atoms with Crippen LogP contribution in [0.1, 0.15) is 43.4 Å². The van der Waals surface area contributed by atoms with Gasteiger partial charge in [0.1, 0.15) is 5.69 Å². The predicted octanol–water partition coefficient (Wildman–Crippen LogP) is 2.55. The number of esters is 1. The van der Waals surface area contributed by atoms with Crippen LogP contribution in [0.25, 0.3) is 0 Å². The van der Waals surface area contributed by atoms with E-state index in [4.69, 9.17) is 4.74 Å². The van der Waals surface area contributed by atoms with Gasteiger partial charge in [-0.2, -0.15) is 0 Å². The Hall–Kier alpha value is -1.85. The normalized spacial score (nSPS) is 10.4. The van der Waals surface area contributed by atoms with Crippen molar-refractivity contribution in [2.24, 2.45) is 0 Å². The highest BCUT2D eigenvalue weighted by Crippen LogP contribution is 2.25. The quantitative estimate of drug-likeness (QED) is 0.444. The highest BCUT2D eigenvalue weighted by atomic mass is 16.6. The maximum Gasteiger partial charge on any atom is 0.355 e. The summed E-state index contributed by atoms with van der Waals surface area (Å²) in [6.45, 7) is 6.27. The molecule has 6 nitrogen and oxygen atoms in total. The minimum atomic E-state index is -0.509. The lowest BCUT2D eigenvalue weighted by molar-refractivity contribution is -0.385. The van der Waals surface area contributed by atoms with E-state index in [1.165, 1.54) is 6.07 Å². The van der Waals surface area contributed by atoms with E-state index in [1.807, 2.05) is 13.8 Å². The minimum Gasteiger partial charge on any atom is -0.461 e. The van der Waals surface area contributed by atoms with E-state index >= 15 is 0 Å². The van der Waals surface area contributed by atoms with E-state index in [1.54, 1.807) is 11.5 Å². The summed E-state index contributed by atoms with van der Waals surface area (Å²) in [6, 6.07) is 1.31. The molecule has 0 bridgehead atoms.